The average molecular weight is 318 g/mol. The summed E-state index contributed by atoms with van der Waals surface area (Å²) >= 11 is 0. The van der Waals surface area contributed by atoms with E-state index in [-0.39, 0.29) is 5.91 Å². The minimum Gasteiger partial charge on any atom is -0.390 e. The molecule has 1 heterocycles. The number of carbonyl (C=O) groups excluding carboxylic acids is 1. The van der Waals surface area contributed by atoms with Gasteiger partial charge in [-0.15, -0.1) is 0 Å². The SMILES string of the molecule is CN(C)C1CCCN(C(=O)c2cccc(CCC(C)(C)O)c2)C1. The summed E-state index contributed by atoms with van der Waals surface area (Å²) in [5.74, 6) is 0.127. The van der Waals surface area contributed by atoms with Crippen LogP contribution in [0.5, 0.6) is 0 Å². The van der Waals surface area contributed by atoms with Gasteiger partial charge in [0.05, 0.1) is 5.60 Å². The molecule has 1 saturated heterocycles. The van der Waals surface area contributed by atoms with Crippen molar-refractivity contribution in [1.82, 2.24) is 9.80 Å². The van der Waals surface area contributed by atoms with Crippen LogP contribution in [0.2, 0.25) is 0 Å². The number of nitrogens with zero attached hydrogens (tertiary/aromatic N) is 2. The molecule has 128 valence electrons. The van der Waals surface area contributed by atoms with Crippen molar-refractivity contribution in [2.75, 3.05) is 27.2 Å². The number of aryl methyl sites for hydroxylation is 1. The summed E-state index contributed by atoms with van der Waals surface area (Å²) in [6, 6.07) is 8.30. The summed E-state index contributed by atoms with van der Waals surface area (Å²) in [4.78, 5) is 17.0. The first-order valence-corrected chi connectivity index (χ1v) is 8.53. The maximum absolute atomic E-state index is 12.8. The summed E-state index contributed by atoms with van der Waals surface area (Å²) in [5, 5.41) is 9.86. The molecule has 0 bridgehead atoms. The highest BCUT2D eigenvalue weighted by Crippen LogP contribution is 2.19. The van der Waals surface area contributed by atoms with Gasteiger partial charge in [0, 0.05) is 24.7 Å². The molecule has 1 fully saturated rings. The van der Waals surface area contributed by atoms with Crippen molar-refractivity contribution >= 4 is 5.91 Å². The highest BCUT2D eigenvalue weighted by Gasteiger charge is 2.25. The van der Waals surface area contributed by atoms with E-state index in [4.69, 9.17) is 0 Å². The molecule has 0 aliphatic carbocycles. The number of piperidine rings is 1. The van der Waals surface area contributed by atoms with Crippen molar-refractivity contribution in [2.45, 2.75) is 51.2 Å². The van der Waals surface area contributed by atoms with Gasteiger partial charge in [0.15, 0.2) is 0 Å². The van der Waals surface area contributed by atoms with Crippen LogP contribution < -0.4 is 0 Å². The molecule has 0 saturated carbocycles. The van der Waals surface area contributed by atoms with E-state index in [1.54, 1.807) is 0 Å². The first-order chi connectivity index (χ1) is 10.8. The first-order valence-electron chi connectivity index (χ1n) is 8.53. The zero-order chi connectivity index (χ0) is 17.0. The highest BCUT2D eigenvalue weighted by molar-refractivity contribution is 5.94. The number of benzene rings is 1. The Morgan fingerprint density at radius 1 is 1.39 bits per heavy atom. The summed E-state index contributed by atoms with van der Waals surface area (Å²) < 4.78 is 0. The lowest BCUT2D eigenvalue weighted by Gasteiger charge is -2.36. The van der Waals surface area contributed by atoms with Gasteiger partial charge >= 0.3 is 0 Å². The van der Waals surface area contributed by atoms with Gasteiger partial charge in [-0.1, -0.05) is 12.1 Å². The van der Waals surface area contributed by atoms with Crippen LogP contribution in [-0.2, 0) is 6.42 Å². The number of carbonyl (C=O) groups is 1. The number of amides is 1. The van der Waals surface area contributed by atoms with Crippen LogP contribution in [0.4, 0.5) is 0 Å². The quantitative estimate of drug-likeness (QED) is 0.907. The standard InChI is InChI=1S/C19H30N2O2/c1-19(2,23)11-10-15-7-5-8-16(13-15)18(22)21-12-6-9-17(14-21)20(3)4/h5,7-8,13,17,23H,6,9-12,14H2,1-4H3. The number of hydrogen-bond acceptors (Lipinski definition) is 3. The van der Waals surface area contributed by atoms with Gasteiger partial charge < -0.3 is 14.9 Å². The highest BCUT2D eigenvalue weighted by atomic mass is 16.3. The average Bonchev–Trinajstić information content (AvgIpc) is 2.52. The van der Waals surface area contributed by atoms with Gasteiger partial charge in [0.25, 0.3) is 5.91 Å². The molecular formula is C19H30N2O2. The number of rotatable bonds is 5. The smallest absolute Gasteiger partial charge is 0.253 e. The Kier molecular flexibility index (Phi) is 5.82. The van der Waals surface area contributed by atoms with Gasteiger partial charge in [-0.3, -0.25) is 4.79 Å². The van der Waals surface area contributed by atoms with Crippen LogP contribution in [0.25, 0.3) is 0 Å². The van der Waals surface area contributed by atoms with Gasteiger partial charge in [-0.05, 0) is 71.3 Å². The molecule has 1 aliphatic rings. The Balaban J connectivity index is 2.04. The molecule has 0 aromatic heterocycles. The molecule has 2 rings (SSSR count). The molecule has 1 unspecified atom stereocenters. The first kappa shape index (κ1) is 18.0. The van der Waals surface area contributed by atoms with Crippen LogP contribution in [0.15, 0.2) is 24.3 Å². The van der Waals surface area contributed by atoms with Crippen LogP contribution in [0.1, 0.15) is 49.0 Å². The van der Waals surface area contributed by atoms with Gasteiger partial charge in [-0.2, -0.15) is 0 Å². The molecule has 23 heavy (non-hydrogen) atoms. The predicted molar refractivity (Wildman–Crippen MR) is 93.7 cm³/mol. The molecule has 0 radical (unpaired) electrons. The topological polar surface area (TPSA) is 43.8 Å². The molecule has 0 spiro atoms. The summed E-state index contributed by atoms with van der Waals surface area (Å²) in [6.07, 6.45) is 3.69. The fourth-order valence-electron chi connectivity index (χ4n) is 3.05. The minimum absolute atomic E-state index is 0.127. The van der Waals surface area contributed by atoms with Crippen molar-refractivity contribution in [3.8, 4) is 0 Å². The maximum atomic E-state index is 12.8. The molecular weight excluding hydrogens is 288 g/mol. The summed E-state index contributed by atoms with van der Waals surface area (Å²) in [6.45, 7) is 5.28. The molecule has 1 amide bonds. The van der Waals surface area contributed by atoms with Crippen LogP contribution in [0.3, 0.4) is 0 Å². The fraction of sp³-hybridized carbons (Fsp3) is 0.632. The molecule has 4 nitrogen and oxygen atoms in total. The van der Waals surface area contributed by atoms with Crippen molar-refractivity contribution in [2.24, 2.45) is 0 Å². The number of aliphatic hydroxyl groups is 1. The normalized spacial score (nSPS) is 19.2. The predicted octanol–water partition coefficient (Wildman–Crippen LogP) is 2.56. The van der Waals surface area contributed by atoms with Gasteiger partial charge in [0.1, 0.15) is 0 Å². The van der Waals surface area contributed by atoms with E-state index >= 15 is 0 Å². The maximum Gasteiger partial charge on any atom is 0.253 e. The Morgan fingerprint density at radius 2 is 2.13 bits per heavy atom. The monoisotopic (exact) mass is 318 g/mol. The Morgan fingerprint density at radius 3 is 2.78 bits per heavy atom. The third-order valence-electron chi connectivity index (χ3n) is 4.61. The Labute approximate surface area is 140 Å². The van der Waals surface area contributed by atoms with Crippen LogP contribution in [0, 0.1) is 0 Å². The summed E-state index contributed by atoms with van der Waals surface area (Å²) in [5.41, 5.74) is 1.20. The number of likely N-dealkylation sites (N-methyl/N-ethyl adjacent to an activating group) is 1. The minimum atomic E-state index is -0.675. The largest absolute Gasteiger partial charge is 0.390 e. The second-order valence-corrected chi connectivity index (χ2v) is 7.52. The van der Waals surface area contributed by atoms with E-state index in [2.05, 4.69) is 19.0 Å². The van der Waals surface area contributed by atoms with E-state index in [0.717, 1.165) is 43.5 Å². The van der Waals surface area contributed by atoms with E-state index in [0.29, 0.717) is 12.5 Å². The van der Waals surface area contributed by atoms with Crippen molar-refractivity contribution in [3.05, 3.63) is 35.4 Å². The summed E-state index contributed by atoms with van der Waals surface area (Å²) in [7, 11) is 4.16. The second kappa shape index (κ2) is 7.45. The zero-order valence-electron chi connectivity index (χ0n) is 14.9. The fourth-order valence-corrected chi connectivity index (χ4v) is 3.05. The third kappa shape index (κ3) is 5.33. The third-order valence-corrected chi connectivity index (χ3v) is 4.61. The van der Waals surface area contributed by atoms with E-state index in [9.17, 15) is 9.90 Å². The van der Waals surface area contributed by atoms with Crippen molar-refractivity contribution in [3.63, 3.8) is 0 Å². The van der Waals surface area contributed by atoms with Crippen LogP contribution >= 0.6 is 0 Å². The molecule has 4 heteroatoms. The number of likely N-dealkylation sites (tertiary alicyclic amines) is 1. The molecule has 1 aliphatic heterocycles. The van der Waals surface area contributed by atoms with Gasteiger partial charge in [-0.25, -0.2) is 0 Å². The lowest BCUT2D eigenvalue weighted by molar-refractivity contribution is 0.0635. The molecule has 1 N–H and O–H groups in total. The lowest BCUT2D eigenvalue weighted by Crippen LogP contribution is -2.47. The van der Waals surface area contributed by atoms with E-state index in [1.165, 1.54) is 0 Å². The Bertz CT molecular complexity index is 534. The van der Waals surface area contributed by atoms with E-state index in [1.807, 2.05) is 43.0 Å². The lowest BCUT2D eigenvalue weighted by atomic mass is 9.97. The number of hydrogen-bond donors (Lipinski definition) is 1. The van der Waals surface area contributed by atoms with Gasteiger partial charge in [0.2, 0.25) is 0 Å². The van der Waals surface area contributed by atoms with Crippen molar-refractivity contribution < 1.29 is 9.90 Å². The molecule has 1 atom stereocenters. The Hall–Kier alpha value is -1.39. The van der Waals surface area contributed by atoms with Crippen molar-refractivity contribution in [1.29, 1.82) is 0 Å². The van der Waals surface area contributed by atoms with Crippen LogP contribution in [-0.4, -0.2) is 59.6 Å². The molecule has 1 aromatic carbocycles. The zero-order valence-corrected chi connectivity index (χ0v) is 14.9. The van der Waals surface area contributed by atoms with E-state index < -0.39 is 5.60 Å². The molecule has 1 aromatic rings. The second-order valence-electron chi connectivity index (χ2n) is 7.52.